The summed E-state index contributed by atoms with van der Waals surface area (Å²) in [4.78, 5) is 0. The van der Waals surface area contributed by atoms with Crippen LogP contribution in [0, 0.1) is 0 Å². The Kier molecular flexibility index (Phi) is 13.9. The van der Waals surface area contributed by atoms with E-state index in [0.717, 1.165) is 0 Å². The molecule has 0 spiro atoms. The van der Waals surface area contributed by atoms with Gasteiger partial charge >= 0.3 is 50.6 Å². The van der Waals surface area contributed by atoms with Crippen LogP contribution in [-0.2, 0) is 41.3 Å². The summed E-state index contributed by atoms with van der Waals surface area (Å²) in [5, 5.41) is 0. The smallest absolute Gasteiger partial charge is 0.780 e. The van der Waals surface area contributed by atoms with E-state index in [1.165, 1.54) is 0 Å². The SMILES string of the molecule is O=S([O-])([O-])=S.[Na+].[Pt+2]. The quantitative estimate of drug-likeness (QED) is 0.425. The molecule has 0 saturated carbocycles. The van der Waals surface area contributed by atoms with E-state index in [0.29, 0.717) is 0 Å². The van der Waals surface area contributed by atoms with E-state index in [-0.39, 0.29) is 50.6 Å². The molecular weight excluding hydrogens is 330 g/mol. The maximum absolute atomic E-state index is 8.89. The minimum Gasteiger partial charge on any atom is -0.780 e. The third-order valence-electron chi connectivity index (χ3n) is 0. The van der Waals surface area contributed by atoms with Gasteiger partial charge in [0.15, 0.2) is 0 Å². The van der Waals surface area contributed by atoms with Crippen molar-refractivity contribution in [2.45, 2.75) is 0 Å². The van der Waals surface area contributed by atoms with E-state index >= 15 is 0 Å². The minimum absolute atomic E-state index is 0. The molecule has 0 aliphatic heterocycles. The van der Waals surface area contributed by atoms with E-state index in [2.05, 4.69) is 11.2 Å². The molecule has 0 aromatic heterocycles. The molecule has 0 rings (SSSR count). The van der Waals surface area contributed by atoms with Crippen molar-refractivity contribution >= 4 is 20.2 Å². The molecule has 0 fully saturated rings. The molecule has 7 heteroatoms. The van der Waals surface area contributed by atoms with Gasteiger partial charge in [0.1, 0.15) is 0 Å². The monoisotopic (exact) mass is 330 g/mol. The fourth-order valence-corrected chi connectivity index (χ4v) is 0. The molecule has 0 unspecified atom stereocenters. The molecular formula is NaO3PtS2+. The average Bonchev–Trinajstić information content (AvgIpc) is 0.722. The molecule has 0 aliphatic rings. The van der Waals surface area contributed by atoms with Gasteiger partial charge in [0.25, 0.3) is 0 Å². The van der Waals surface area contributed by atoms with Gasteiger partial charge in [-0.25, -0.2) is 0 Å². The van der Waals surface area contributed by atoms with Gasteiger partial charge in [-0.3, -0.25) is 4.21 Å². The molecule has 0 heterocycles. The molecule has 7 heavy (non-hydrogen) atoms. The summed E-state index contributed by atoms with van der Waals surface area (Å²) in [6.07, 6.45) is 0. The van der Waals surface area contributed by atoms with Crippen molar-refractivity contribution in [3.63, 3.8) is 0 Å². The van der Waals surface area contributed by atoms with E-state index in [4.69, 9.17) is 13.3 Å². The average molecular weight is 330 g/mol. The Balaban J connectivity index is -0.0000000800. The summed E-state index contributed by atoms with van der Waals surface area (Å²) in [5.41, 5.74) is 0. The van der Waals surface area contributed by atoms with E-state index in [1.54, 1.807) is 0 Å². The summed E-state index contributed by atoms with van der Waals surface area (Å²) >= 11 is 3.24. The van der Waals surface area contributed by atoms with Crippen molar-refractivity contribution in [3.8, 4) is 0 Å². The second-order valence-electron chi connectivity index (χ2n) is 0.408. The van der Waals surface area contributed by atoms with Crippen LogP contribution < -0.4 is 29.6 Å². The molecule has 0 saturated heterocycles. The van der Waals surface area contributed by atoms with Crippen LogP contribution in [0.15, 0.2) is 0 Å². The first kappa shape index (κ1) is 16.0. The topological polar surface area (TPSA) is 63.2 Å². The molecule has 0 amide bonds. The maximum atomic E-state index is 8.89. The molecule has 0 aromatic carbocycles. The standard InChI is InChI=1S/Na.H2O3S2.Pt/c;1-5(2,3)4;/h;(H2,1,2,3,4);/q+1;;+2/p-2. The van der Waals surface area contributed by atoms with E-state index in [1.807, 2.05) is 0 Å². The van der Waals surface area contributed by atoms with Crippen molar-refractivity contribution in [2.24, 2.45) is 0 Å². The predicted molar refractivity (Wildman–Crippen MR) is 17.1 cm³/mol. The zero-order valence-electron chi connectivity index (χ0n) is 3.36. The fraction of sp³-hybridized carbons (Fsp3) is 0. The first-order valence-electron chi connectivity index (χ1n) is 0.667. The van der Waals surface area contributed by atoms with Crippen LogP contribution in [0.3, 0.4) is 0 Å². The first-order valence-corrected chi connectivity index (χ1v) is 3.00. The third kappa shape index (κ3) is 72.9. The summed E-state index contributed by atoms with van der Waals surface area (Å²) in [7, 11) is -4.33. The molecule has 3 nitrogen and oxygen atoms in total. The normalized spacial score (nSPS) is 8.29. The summed E-state index contributed by atoms with van der Waals surface area (Å²) in [6, 6.07) is 0. The van der Waals surface area contributed by atoms with Crippen molar-refractivity contribution < 1.29 is 63.9 Å². The van der Waals surface area contributed by atoms with Crippen molar-refractivity contribution in [1.29, 1.82) is 0 Å². The molecule has 0 bridgehead atoms. The van der Waals surface area contributed by atoms with E-state index in [9.17, 15) is 0 Å². The summed E-state index contributed by atoms with van der Waals surface area (Å²) < 4.78 is 26.7. The van der Waals surface area contributed by atoms with Crippen LogP contribution in [0.5, 0.6) is 0 Å². The Hall–Kier alpha value is 1.98. The van der Waals surface area contributed by atoms with Crippen molar-refractivity contribution in [1.82, 2.24) is 0 Å². The third-order valence-corrected chi connectivity index (χ3v) is 0. The predicted octanol–water partition coefficient (Wildman–Crippen LogP) is -4.00. The zero-order chi connectivity index (χ0) is 4.50. The van der Waals surface area contributed by atoms with Crippen LogP contribution in [0.1, 0.15) is 0 Å². The Labute approximate surface area is 83.1 Å². The Morgan fingerprint density at radius 1 is 1.43 bits per heavy atom. The summed E-state index contributed by atoms with van der Waals surface area (Å²) in [5.74, 6) is 0. The second-order valence-corrected chi connectivity index (χ2v) is 2.45. The van der Waals surface area contributed by atoms with Crippen LogP contribution in [-0.4, -0.2) is 13.3 Å². The number of rotatable bonds is 0. The van der Waals surface area contributed by atoms with Crippen LogP contribution >= 0.6 is 0 Å². The zero-order valence-corrected chi connectivity index (χ0v) is 9.26. The van der Waals surface area contributed by atoms with Gasteiger partial charge in [-0.15, -0.1) is 9.05 Å². The van der Waals surface area contributed by atoms with Gasteiger partial charge in [0.05, 0.1) is 0 Å². The minimum atomic E-state index is -4.33. The number of hydrogen-bond donors (Lipinski definition) is 0. The van der Waals surface area contributed by atoms with Crippen molar-refractivity contribution in [3.05, 3.63) is 0 Å². The molecule has 0 radical (unpaired) electrons. The van der Waals surface area contributed by atoms with Gasteiger partial charge in [-0.2, -0.15) is 0 Å². The molecule has 0 aliphatic carbocycles. The van der Waals surface area contributed by atoms with Gasteiger partial charge in [-0.1, -0.05) is 0 Å². The second kappa shape index (κ2) is 6.10. The van der Waals surface area contributed by atoms with E-state index < -0.39 is 9.05 Å². The van der Waals surface area contributed by atoms with Gasteiger partial charge in [-0.05, 0) is 11.2 Å². The fourth-order valence-electron chi connectivity index (χ4n) is 0. The molecule has 40 valence electrons. The molecule has 0 atom stereocenters. The first-order chi connectivity index (χ1) is 2.00. The maximum Gasteiger partial charge on any atom is 2.00 e. The van der Waals surface area contributed by atoms with Gasteiger partial charge in [0.2, 0.25) is 0 Å². The number of hydrogen-bond acceptors (Lipinski definition) is 4. The molecule has 0 N–H and O–H groups in total. The Morgan fingerprint density at radius 3 is 1.43 bits per heavy atom. The Morgan fingerprint density at radius 2 is 1.43 bits per heavy atom. The van der Waals surface area contributed by atoms with Crippen molar-refractivity contribution in [2.75, 3.05) is 0 Å². The van der Waals surface area contributed by atoms with Crippen LogP contribution in [0.2, 0.25) is 0 Å². The Bertz CT molecular complexity index is 96.1. The van der Waals surface area contributed by atoms with Gasteiger partial charge in [0, 0.05) is 0 Å². The van der Waals surface area contributed by atoms with Gasteiger partial charge < -0.3 is 9.11 Å². The van der Waals surface area contributed by atoms with Crippen LogP contribution in [0.4, 0.5) is 0 Å². The van der Waals surface area contributed by atoms with Crippen LogP contribution in [0.25, 0.3) is 0 Å². The largest absolute Gasteiger partial charge is 2.00 e. The summed E-state index contributed by atoms with van der Waals surface area (Å²) in [6.45, 7) is 0. The molecule has 0 aromatic rings.